The molecule has 2 aliphatic rings. The van der Waals surface area contributed by atoms with Crippen LogP contribution in [0, 0.1) is 5.92 Å². The number of amides is 2. The van der Waals surface area contributed by atoms with Crippen LogP contribution in [0.1, 0.15) is 19.3 Å². The molecule has 7 heteroatoms. The lowest BCUT2D eigenvalue weighted by Gasteiger charge is -2.33. The Morgan fingerprint density at radius 3 is 2.56 bits per heavy atom. The van der Waals surface area contributed by atoms with Gasteiger partial charge in [0.2, 0.25) is 11.8 Å². The van der Waals surface area contributed by atoms with Crippen LogP contribution in [-0.4, -0.2) is 55.0 Å². The van der Waals surface area contributed by atoms with Crippen LogP contribution in [0.4, 0.5) is 5.69 Å². The minimum absolute atomic E-state index is 0.0460. The lowest BCUT2D eigenvalue weighted by atomic mass is 9.97. The summed E-state index contributed by atoms with van der Waals surface area (Å²) in [5, 5.41) is 15.4. The molecule has 146 valence electrons. The van der Waals surface area contributed by atoms with Gasteiger partial charge >= 0.3 is 0 Å². The van der Waals surface area contributed by atoms with Gasteiger partial charge in [0.1, 0.15) is 6.10 Å². The standard InChI is InChI=1S/C20H26N2O5/c23-13-18-17(22-20(25)14-8-10-26-11-9-14)7-6-16(27-18)12-19(24)21-15-4-2-1-3-5-15/h1-7,14,16-18,23H,8-13H2,(H,21,24)(H,22,25)/t16-,17-,18-/m1/s1. The van der Waals surface area contributed by atoms with Crippen molar-refractivity contribution in [1.29, 1.82) is 0 Å². The first-order valence-corrected chi connectivity index (χ1v) is 9.33. The molecule has 0 bridgehead atoms. The topological polar surface area (TPSA) is 96.9 Å². The fourth-order valence-corrected chi connectivity index (χ4v) is 3.29. The van der Waals surface area contributed by atoms with Crippen LogP contribution in [0.15, 0.2) is 42.5 Å². The van der Waals surface area contributed by atoms with E-state index in [0.29, 0.717) is 26.1 Å². The molecule has 0 aliphatic carbocycles. The highest BCUT2D eigenvalue weighted by molar-refractivity contribution is 5.91. The number of aliphatic hydroxyl groups is 1. The van der Waals surface area contributed by atoms with Gasteiger partial charge in [0.15, 0.2) is 0 Å². The van der Waals surface area contributed by atoms with Crippen molar-refractivity contribution in [3.63, 3.8) is 0 Å². The fraction of sp³-hybridized carbons (Fsp3) is 0.500. The van der Waals surface area contributed by atoms with Crippen molar-refractivity contribution >= 4 is 17.5 Å². The number of ether oxygens (including phenoxy) is 2. The molecule has 3 N–H and O–H groups in total. The number of para-hydroxylation sites is 1. The van der Waals surface area contributed by atoms with Gasteiger partial charge in [-0.25, -0.2) is 0 Å². The molecule has 3 atom stereocenters. The second-order valence-corrected chi connectivity index (χ2v) is 6.82. The summed E-state index contributed by atoms with van der Waals surface area (Å²) in [6.07, 6.45) is 4.11. The number of carbonyl (C=O) groups excluding carboxylic acids is 2. The van der Waals surface area contributed by atoms with Crippen molar-refractivity contribution in [2.45, 2.75) is 37.5 Å². The Morgan fingerprint density at radius 1 is 1.11 bits per heavy atom. The van der Waals surface area contributed by atoms with Crippen LogP contribution < -0.4 is 10.6 Å². The van der Waals surface area contributed by atoms with Gasteiger partial charge < -0.3 is 25.2 Å². The molecule has 3 rings (SSSR count). The van der Waals surface area contributed by atoms with Gasteiger partial charge in [-0.15, -0.1) is 0 Å². The van der Waals surface area contributed by atoms with E-state index < -0.39 is 18.2 Å². The summed E-state index contributed by atoms with van der Waals surface area (Å²) < 4.78 is 11.1. The Labute approximate surface area is 158 Å². The van der Waals surface area contributed by atoms with Crippen molar-refractivity contribution in [2.75, 3.05) is 25.1 Å². The van der Waals surface area contributed by atoms with Gasteiger partial charge in [0, 0.05) is 24.8 Å². The normalized spacial score (nSPS) is 25.7. The highest BCUT2D eigenvalue weighted by atomic mass is 16.5. The van der Waals surface area contributed by atoms with Crippen molar-refractivity contribution < 1.29 is 24.2 Å². The zero-order valence-corrected chi connectivity index (χ0v) is 15.2. The number of aliphatic hydroxyl groups excluding tert-OH is 1. The van der Waals surface area contributed by atoms with E-state index in [4.69, 9.17) is 9.47 Å². The Hall–Kier alpha value is -2.22. The third-order valence-corrected chi connectivity index (χ3v) is 4.81. The monoisotopic (exact) mass is 374 g/mol. The van der Waals surface area contributed by atoms with Crippen LogP contribution in [0.3, 0.4) is 0 Å². The number of benzene rings is 1. The lowest BCUT2D eigenvalue weighted by Crippen LogP contribution is -2.50. The number of anilines is 1. The SMILES string of the molecule is O=C(C[C@H]1C=C[C@@H](NC(=O)C2CCOCC2)[C@@H](CO)O1)Nc1ccccc1. The summed E-state index contributed by atoms with van der Waals surface area (Å²) >= 11 is 0. The number of hydrogen-bond acceptors (Lipinski definition) is 5. The van der Waals surface area contributed by atoms with Gasteiger partial charge in [0.25, 0.3) is 0 Å². The Kier molecular flexibility index (Phi) is 6.98. The van der Waals surface area contributed by atoms with E-state index in [2.05, 4.69) is 10.6 Å². The minimum atomic E-state index is -0.576. The minimum Gasteiger partial charge on any atom is -0.394 e. The molecular formula is C20H26N2O5. The van der Waals surface area contributed by atoms with E-state index in [1.165, 1.54) is 0 Å². The Morgan fingerprint density at radius 2 is 1.85 bits per heavy atom. The van der Waals surface area contributed by atoms with Gasteiger partial charge in [-0.2, -0.15) is 0 Å². The molecule has 2 heterocycles. The summed E-state index contributed by atoms with van der Waals surface area (Å²) in [5.74, 6) is -0.284. The molecule has 1 saturated heterocycles. The third kappa shape index (κ3) is 5.63. The lowest BCUT2D eigenvalue weighted by molar-refractivity contribution is -0.131. The van der Waals surface area contributed by atoms with E-state index in [-0.39, 0.29) is 30.8 Å². The summed E-state index contributed by atoms with van der Waals surface area (Å²) in [7, 11) is 0. The quantitative estimate of drug-likeness (QED) is 0.651. The summed E-state index contributed by atoms with van der Waals surface area (Å²) in [6.45, 7) is 0.952. The third-order valence-electron chi connectivity index (χ3n) is 4.81. The molecule has 0 aromatic heterocycles. The van der Waals surface area contributed by atoms with Crippen molar-refractivity contribution in [3.8, 4) is 0 Å². The van der Waals surface area contributed by atoms with Crippen LogP contribution in [0.5, 0.6) is 0 Å². The maximum absolute atomic E-state index is 12.4. The molecule has 1 aromatic carbocycles. The van der Waals surface area contributed by atoms with Crippen LogP contribution >= 0.6 is 0 Å². The first-order valence-electron chi connectivity index (χ1n) is 9.33. The first kappa shape index (κ1) is 19.5. The molecule has 2 aliphatic heterocycles. The number of nitrogens with one attached hydrogen (secondary N) is 2. The molecule has 0 saturated carbocycles. The van der Waals surface area contributed by atoms with E-state index in [0.717, 1.165) is 5.69 Å². The maximum atomic E-state index is 12.4. The maximum Gasteiger partial charge on any atom is 0.227 e. The van der Waals surface area contributed by atoms with Crippen molar-refractivity contribution in [2.24, 2.45) is 5.92 Å². The molecule has 2 amide bonds. The average molecular weight is 374 g/mol. The van der Waals surface area contributed by atoms with E-state index in [1.54, 1.807) is 6.08 Å². The van der Waals surface area contributed by atoms with E-state index in [1.807, 2.05) is 36.4 Å². The number of rotatable bonds is 6. The van der Waals surface area contributed by atoms with Crippen LogP contribution in [0.25, 0.3) is 0 Å². The highest BCUT2D eigenvalue weighted by Crippen LogP contribution is 2.19. The van der Waals surface area contributed by atoms with Gasteiger partial charge in [-0.3, -0.25) is 9.59 Å². The molecule has 0 spiro atoms. The predicted molar refractivity (Wildman–Crippen MR) is 100 cm³/mol. The molecule has 1 aromatic rings. The average Bonchev–Trinajstić information content (AvgIpc) is 2.70. The second kappa shape index (κ2) is 9.64. The summed E-state index contributed by atoms with van der Waals surface area (Å²) in [6, 6.07) is 8.80. The molecule has 7 nitrogen and oxygen atoms in total. The molecule has 0 unspecified atom stereocenters. The van der Waals surface area contributed by atoms with Crippen molar-refractivity contribution in [1.82, 2.24) is 5.32 Å². The van der Waals surface area contributed by atoms with Crippen LogP contribution in [0.2, 0.25) is 0 Å². The smallest absolute Gasteiger partial charge is 0.227 e. The summed E-state index contributed by atoms with van der Waals surface area (Å²) in [4.78, 5) is 24.6. The first-order chi connectivity index (χ1) is 13.2. The number of carbonyl (C=O) groups is 2. The van der Waals surface area contributed by atoms with Gasteiger partial charge in [-0.05, 0) is 25.0 Å². The summed E-state index contributed by atoms with van der Waals surface area (Å²) in [5.41, 5.74) is 0.725. The van der Waals surface area contributed by atoms with Crippen LogP contribution in [-0.2, 0) is 19.1 Å². The second-order valence-electron chi connectivity index (χ2n) is 6.82. The fourth-order valence-electron chi connectivity index (χ4n) is 3.29. The molecule has 0 radical (unpaired) electrons. The molecule has 27 heavy (non-hydrogen) atoms. The van der Waals surface area contributed by atoms with Crippen molar-refractivity contribution in [3.05, 3.63) is 42.5 Å². The highest BCUT2D eigenvalue weighted by Gasteiger charge is 2.31. The van der Waals surface area contributed by atoms with E-state index >= 15 is 0 Å². The largest absolute Gasteiger partial charge is 0.394 e. The molecule has 1 fully saturated rings. The van der Waals surface area contributed by atoms with Gasteiger partial charge in [0.05, 0.1) is 25.2 Å². The molecular weight excluding hydrogens is 348 g/mol. The zero-order valence-electron chi connectivity index (χ0n) is 15.2. The van der Waals surface area contributed by atoms with Gasteiger partial charge in [-0.1, -0.05) is 30.4 Å². The predicted octanol–water partition coefficient (Wildman–Crippen LogP) is 1.24. The Bertz CT molecular complexity index is 658. The zero-order chi connectivity index (χ0) is 19.1. The number of hydrogen-bond donors (Lipinski definition) is 3. The Balaban J connectivity index is 1.52. The van der Waals surface area contributed by atoms with E-state index in [9.17, 15) is 14.7 Å².